The molecule has 4 heteroatoms. The third-order valence-corrected chi connectivity index (χ3v) is 4.73. The monoisotopic (exact) mass is 383 g/mol. The Morgan fingerprint density at radius 3 is 2.18 bits per heavy atom. The van der Waals surface area contributed by atoms with Crippen molar-refractivity contribution >= 4 is 17.7 Å². The van der Waals surface area contributed by atoms with Crippen LogP contribution in [0.5, 0.6) is 5.75 Å². The molecule has 2 rings (SSSR count). The molecule has 2 aromatic rings. The normalized spacial score (nSPS) is 11.2. The van der Waals surface area contributed by atoms with E-state index in [1.807, 2.05) is 18.2 Å². The molecule has 4 nitrogen and oxygen atoms in total. The summed E-state index contributed by atoms with van der Waals surface area (Å²) in [6, 6.07) is 10.3. The number of benzene rings is 2. The van der Waals surface area contributed by atoms with Crippen LogP contribution in [0.4, 0.5) is 11.4 Å². The summed E-state index contributed by atoms with van der Waals surface area (Å²) in [5.41, 5.74) is 6.38. The summed E-state index contributed by atoms with van der Waals surface area (Å²) >= 11 is 0. The number of carbonyl (C=O) groups is 1. The molecule has 0 aromatic heterocycles. The molecule has 0 amide bonds. The van der Waals surface area contributed by atoms with Crippen LogP contribution in [0.1, 0.15) is 60.7 Å². The first-order valence-electron chi connectivity index (χ1n) is 9.88. The quantitative estimate of drug-likeness (QED) is 0.392. The first-order valence-corrected chi connectivity index (χ1v) is 9.88. The maximum absolute atomic E-state index is 11.2. The molecule has 2 aromatic carbocycles. The van der Waals surface area contributed by atoms with E-state index in [-0.39, 0.29) is 6.79 Å². The number of hydrogen-bond acceptors (Lipinski definition) is 4. The third-order valence-electron chi connectivity index (χ3n) is 4.73. The fourth-order valence-electron chi connectivity index (χ4n) is 3.58. The molecule has 0 fully saturated rings. The number of aryl methyl sites for hydroxylation is 2. The molecular weight excluding hydrogens is 350 g/mol. The highest BCUT2D eigenvalue weighted by Crippen LogP contribution is 2.37. The van der Waals surface area contributed by atoms with E-state index in [0.717, 1.165) is 46.5 Å². The van der Waals surface area contributed by atoms with Gasteiger partial charge in [-0.25, -0.2) is 0 Å². The molecule has 0 saturated carbocycles. The Balaban J connectivity index is 2.58. The highest BCUT2D eigenvalue weighted by atomic mass is 16.7. The molecule has 0 atom stereocenters. The lowest BCUT2D eigenvalue weighted by Gasteiger charge is -2.31. The van der Waals surface area contributed by atoms with Gasteiger partial charge in [-0.2, -0.15) is 0 Å². The van der Waals surface area contributed by atoms with E-state index in [9.17, 15) is 4.79 Å². The standard InChI is InChI=1S/C24H33NO3/c1-16(2)13-25(24-18(5)10-20(14-26)11-19(24)6)21-8-9-23(28-15-27-7)22(12-21)17(3)4/h8-12,14,16-17H,13,15H2,1-7H3. The summed E-state index contributed by atoms with van der Waals surface area (Å²) in [6.45, 7) is 14.0. The maximum Gasteiger partial charge on any atom is 0.188 e. The van der Waals surface area contributed by atoms with Crippen LogP contribution in [0.3, 0.4) is 0 Å². The summed E-state index contributed by atoms with van der Waals surface area (Å²) in [7, 11) is 1.63. The Bertz CT molecular complexity index is 788. The van der Waals surface area contributed by atoms with Gasteiger partial charge in [0.1, 0.15) is 12.0 Å². The zero-order valence-electron chi connectivity index (χ0n) is 18.2. The average Bonchev–Trinajstić information content (AvgIpc) is 2.64. The van der Waals surface area contributed by atoms with Crippen LogP contribution in [0.2, 0.25) is 0 Å². The van der Waals surface area contributed by atoms with Gasteiger partial charge in [-0.1, -0.05) is 27.7 Å². The van der Waals surface area contributed by atoms with Gasteiger partial charge in [-0.05, 0) is 72.7 Å². The van der Waals surface area contributed by atoms with Crippen molar-refractivity contribution in [3.63, 3.8) is 0 Å². The maximum atomic E-state index is 11.2. The number of ether oxygens (including phenoxy) is 2. The van der Waals surface area contributed by atoms with Gasteiger partial charge >= 0.3 is 0 Å². The van der Waals surface area contributed by atoms with Gasteiger partial charge in [-0.3, -0.25) is 4.79 Å². The van der Waals surface area contributed by atoms with Crippen molar-refractivity contribution in [1.29, 1.82) is 0 Å². The van der Waals surface area contributed by atoms with Gasteiger partial charge in [-0.15, -0.1) is 0 Å². The van der Waals surface area contributed by atoms with E-state index in [1.54, 1.807) is 7.11 Å². The number of hydrogen-bond donors (Lipinski definition) is 0. The number of rotatable bonds is 9. The SMILES string of the molecule is COCOc1ccc(N(CC(C)C)c2c(C)cc(C=O)cc2C)cc1C(C)C. The summed E-state index contributed by atoms with van der Waals surface area (Å²) in [6.07, 6.45) is 0.912. The second kappa shape index (κ2) is 9.74. The molecular formula is C24H33NO3. The third kappa shape index (κ3) is 5.14. The van der Waals surface area contributed by atoms with Crippen molar-refractivity contribution in [3.8, 4) is 5.75 Å². The molecule has 0 N–H and O–H groups in total. The fraction of sp³-hybridized carbons (Fsp3) is 0.458. The molecule has 0 spiro atoms. The minimum absolute atomic E-state index is 0.236. The first-order chi connectivity index (χ1) is 13.3. The van der Waals surface area contributed by atoms with Crippen LogP contribution in [0, 0.1) is 19.8 Å². The fourth-order valence-corrected chi connectivity index (χ4v) is 3.58. The second-order valence-electron chi connectivity index (χ2n) is 8.05. The Kier molecular flexibility index (Phi) is 7.64. The van der Waals surface area contributed by atoms with Gasteiger partial charge in [0.2, 0.25) is 0 Å². The van der Waals surface area contributed by atoms with Crippen LogP contribution in [-0.2, 0) is 4.74 Å². The van der Waals surface area contributed by atoms with Crippen molar-refractivity contribution in [3.05, 3.63) is 52.6 Å². The molecule has 0 aliphatic rings. The predicted octanol–water partition coefficient (Wildman–Crippen LogP) is 6.02. The minimum atomic E-state index is 0.236. The van der Waals surface area contributed by atoms with Crippen molar-refractivity contribution < 1.29 is 14.3 Å². The molecule has 0 saturated heterocycles. The number of methoxy groups -OCH3 is 1. The molecule has 0 heterocycles. The minimum Gasteiger partial charge on any atom is -0.467 e. The second-order valence-corrected chi connectivity index (χ2v) is 8.05. The van der Waals surface area contributed by atoms with Gasteiger partial charge in [0, 0.05) is 30.6 Å². The van der Waals surface area contributed by atoms with Crippen molar-refractivity contribution in [1.82, 2.24) is 0 Å². The lowest BCUT2D eigenvalue weighted by Crippen LogP contribution is -2.24. The Morgan fingerprint density at radius 1 is 1.04 bits per heavy atom. The van der Waals surface area contributed by atoms with Gasteiger partial charge in [0.25, 0.3) is 0 Å². The molecule has 152 valence electrons. The highest BCUT2D eigenvalue weighted by molar-refractivity contribution is 5.80. The van der Waals surface area contributed by atoms with E-state index >= 15 is 0 Å². The molecule has 0 aliphatic carbocycles. The molecule has 0 radical (unpaired) electrons. The lowest BCUT2D eigenvalue weighted by atomic mass is 9.98. The number of carbonyl (C=O) groups excluding carboxylic acids is 1. The first kappa shape index (κ1) is 22.0. The van der Waals surface area contributed by atoms with Crippen LogP contribution in [-0.4, -0.2) is 26.7 Å². The molecule has 0 aliphatic heterocycles. The van der Waals surface area contributed by atoms with Gasteiger partial charge < -0.3 is 14.4 Å². The predicted molar refractivity (Wildman–Crippen MR) is 116 cm³/mol. The molecule has 28 heavy (non-hydrogen) atoms. The Morgan fingerprint density at radius 2 is 1.68 bits per heavy atom. The lowest BCUT2D eigenvalue weighted by molar-refractivity contribution is 0.0503. The number of aldehydes is 1. The smallest absolute Gasteiger partial charge is 0.188 e. The molecule has 0 bridgehead atoms. The van der Waals surface area contributed by atoms with Crippen LogP contribution < -0.4 is 9.64 Å². The number of nitrogens with zero attached hydrogens (tertiary/aromatic N) is 1. The van der Waals surface area contributed by atoms with Crippen LogP contribution in [0.25, 0.3) is 0 Å². The van der Waals surface area contributed by atoms with Gasteiger partial charge in [0.15, 0.2) is 6.79 Å². The topological polar surface area (TPSA) is 38.8 Å². The van der Waals surface area contributed by atoms with Crippen molar-refractivity contribution in [2.45, 2.75) is 47.5 Å². The highest BCUT2D eigenvalue weighted by Gasteiger charge is 2.19. The van der Waals surface area contributed by atoms with E-state index in [4.69, 9.17) is 9.47 Å². The summed E-state index contributed by atoms with van der Waals surface area (Å²) in [5, 5.41) is 0. The zero-order chi connectivity index (χ0) is 20.8. The van der Waals surface area contributed by atoms with Crippen LogP contribution >= 0.6 is 0 Å². The number of anilines is 2. The van der Waals surface area contributed by atoms with E-state index in [0.29, 0.717) is 11.8 Å². The average molecular weight is 384 g/mol. The van der Waals surface area contributed by atoms with Crippen molar-refractivity contribution in [2.24, 2.45) is 5.92 Å². The zero-order valence-corrected chi connectivity index (χ0v) is 18.2. The van der Waals surface area contributed by atoms with Gasteiger partial charge in [0.05, 0.1) is 0 Å². The van der Waals surface area contributed by atoms with Crippen LogP contribution in [0.15, 0.2) is 30.3 Å². The molecule has 0 unspecified atom stereocenters. The van der Waals surface area contributed by atoms with E-state index in [2.05, 4.69) is 58.6 Å². The summed E-state index contributed by atoms with van der Waals surface area (Å²) < 4.78 is 10.8. The summed E-state index contributed by atoms with van der Waals surface area (Å²) in [5.74, 6) is 1.67. The van der Waals surface area contributed by atoms with E-state index < -0.39 is 0 Å². The largest absolute Gasteiger partial charge is 0.467 e. The Hall–Kier alpha value is -2.33. The summed E-state index contributed by atoms with van der Waals surface area (Å²) in [4.78, 5) is 13.6. The van der Waals surface area contributed by atoms with E-state index in [1.165, 1.54) is 5.69 Å². The Labute approximate surface area is 169 Å². The van der Waals surface area contributed by atoms with Crippen molar-refractivity contribution in [2.75, 3.05) is 25.3 Å².